The molecule has 1 aliphatic rings. The third-order valence-corrected chi connectivity index (χ3v) is 3.46. The Morgan fingerprint density at radius 2 is 2.21 bits per heavy atom. The van der Waals surface area contributed by atoms with Crippen LogP contribution in [0, 0.1) is 0 Å². The summed E-state index contributed by atoms with van der Waals surface area (Å²) in [4.78, 5) is 10.7. The van der Waals surface area contributed by atoms with Gasteiger partial charge in [0.2, 0.25) is 0 Å². The monoisotopic (exact) mass is 259 g/mol. The van der Waals surface area contributed by atoms with Gasteiger partial charge < -0.3 is 9.64 Å². The van der Waals surface area contributed by atoms with Gasteiger partial charge in [0.1, 0.15) is 11.4 Å². The number of ether oxygens (including phenoxy) is 1. The number of nitrogens with zero attached hydrogens (tertiary/aromatic N) is 5. The predicted molar refractivity (Wildman–Crippen MR) is 70.8 cm³/mol. The Kier molecular flexibility index (Phi) is 2.94. The topological polar surface area (TPSA) is 56.1 Å². The summed E-state index contributed by atoms with van der Waals surface area (Å²) in [6.45, 7) is 4.33. The van der Waals surface area contributed by atoms with E-state index in [0.717, 1.165) is 24.5 Å². The summed E-state index contributed by atoms with van der Waals surface area (Å²) in [6.07, 6.45) is 9.05. The molecule has 2 aromatic heterocycles. The van der Waals surface area contributed by atoms with Crippen LogP contribution in [0.4, 0.5) is 5.82 Å². The minimum Gasteiger partial charge on any atom is -0.367 e. The fraction of sp³-hybridized carbons (Fsp3) is 0.462. The number of aryl methyl sites for hydroxylation is 1. The summed E-state index contributed by atoms with van der Waals surface area (Å²) in [6, 6.07) is 0. The van der Waals surface area contributed by atoms with Gasteiger partial charge in [0.05, 0.1) is 25.5 Å². The number of aromatic nitrogens is 4. The normalized spacial score (nSPS) is 23.6. The Morgan fingerprint density at radius 3 is 2.89 bits per heavy atom. The highest BCUT2D eigenvalue weighted by molar-refractivity contribution is 5.37. The molecule has 100 valence electrons. The number of hydrogen-bond acceptors (Lipinski definition) is 5. The molecule has 19 heavy (non-hydrogen) atoms. The molecule has 0 aliphatic carbocycles. The zero-order valence-electron chi connectivity index (χ0n) is 11.2. The molecule has 0 spiro atoms. The summed E-state index contributed by atoms with van der Waals surface area (Å²) in [5.74, 6) is 0.890. The number of morpholine rings is 1. The molecular formula is C13H17N5O. The van der Waals surface area contributed by atoms with Crippen molar-refractivity contribution in [3.63, 3.8) is 0 Å². The lowest BCUT2D eigenvalue weighted by Gasteiger charge is -2.40. The molecule has 3 heterocycles. The predicted octanol–water partition coefficient (Wildman–Crippen LogP) is 0.962. The van der Waals surface area contributed by atoms with E-state index in [1.165, 1.54) is 0 Å². The fourth-order valence-electron chi connectivity index (χ4n) is 2.39. The summed E-state index contributed by atoms with van der Waals surface area (Å²) in [7, 11) is 1.91. The highest BCUT2D eigenvalue weighted by Gasteiger charge is 2.35. The van der Waals surface area contributed by atoms with Crippen molar-refractivity contribution >= 4 is 5.82 Å². The molecule has 1 fully saturated rings. The average molecular weight is 259 g/mol. The second kappa shape index (κ2) is 4.62. The van der Waals surface area contributed by atoms with Crippen molar-refractivity contribution in [2.75, 3.05) is 24.6 Å². The van der Waals surface area contributed by atoms with Crippen molar-refractivity contribution in [3.8, 4) is 0 Å². The van der Waals surface area contributed by atoms with Crippen molar-refractivity contribution in [2.45, 2.75) is 12.5 Å². The number of hydrogen-bond donors (Lipinski definition) is 0. The van der Waals surface area contributed by atoms with Crippen molar-refractivity contribution in [1.82, 2.24) is 19.7 Å². The molecule has 2 aromatic rings. The van der Waals surface area contributed by atoms with E-state index in [2.05, 4.69) is 26.9 Å². The minimum absolute atomic E-state index is 0.357. The van der Waals surface area contributed by atoms with E-state index in [9.17, 15) is 0 Å². The zero-order valence-corrected chi connectivity index (χ0v) is 11.2. The Labute approximate surface area is 112 Å². The van der Waals surface area contributed by atoms with Gasteiger partial charge in [-0.05, 0) is 6.92 Å². The average Bonchev–Trinajstić information content (AvgIpc) is 2.87. The number of rotatable bonds is 2. The smallest absolute Gasteiger partial charge is 0.147 e. The standard InChI is InChI=1S/C13H17N5O/c1-13(11-7-16-17(2)9-11)10-18(5-6-19-13)12-8-14-3-4-15-12/h3-4,7-9H,5-6,10H2,1-2H3. The molecule has 6 nitrogen and oxygen atoms in total. The molecule has 3 rings (SSSR count). The van der Waals surface area contributed by atoms with Gasteiger partial charge in [-0.15, -0.1) is 0 Å². The largest absolute Gasteiger partial charge is 0.367 e. The van der Waals surface area contributed by atoms with Crippen LogP contribution >= 0.6 is 0 Å². The Bertz CT molecular complexity index is 555. The van der Waals surface area contributed by atoms with E-state index in [-0.39, 0.29) is 5.60 Å². The lowest BCUT2D eigenvalue weighted by Crippen LogP contribution is -2.48. The van der Waals surface area contributed by atoms with Crippen molar-refractivity contribution in [3.05, 3.63) is 36.5 Å². The van der Waals surface area contributed by atoms with Gasteiger partial charge in [-0.2, -0.15) is 5.10 Å². The summed E-state index contributed by atoms with van der Waals surface area (Å²) < 4.78 is 7.77. The fourth-order valence-corrected chi connectivity index (χ4v) is 2.39. The summed E-state index contributed by atoms with van der Waals surface area (Å²) >= 11 is 0. The molecule has 6 heteroatoms. The first kappa shape index (κ1) is 12.1. The van der Waals surface area contributed by atoms with Gasteiger partial charge in [0.15, 0.2) is 0 Å². The first-order valence-corrected chi connectivity index (χ1v) is 6.31. The van der Waals surface area contributed by atoms with Crippen molar-refractivity contribution < 1.29 is 4.74 Å². The van der Waals surface area contributed by atoms with E-state index in [1.807, 2.05) is 19.4 Å². The maximum Gasteiger partial charge on any atom is 0.147 e. The minimum atomic E-state index is -0.357. The summed E-state index contributed by atoms with van der Waals surface area (Å²) in [5, 5.41) is 4.22. The molecule has 0 radical (unpaired) electrons. The quantitative estimate of drug-likeness (QED) is 0.804. The zero-order chi connectivity index (χ0) is 13.3. The number of anilines is 1. The van der Waals surface area contributed by atoms with Crippen LogP contribution in [0.25, 0.3) is 0 Å². The third kappa shape index (κ3) is 2.31. The molecule has 1 saturated heterocycles. The SMILES string of the molecule is Cn1cc(C2(C)CN(c3cnccn3)CCO2)cn1. The van der Waals surface area contributed by atoms with Gasteiger partial charge in [0, 0.05) is 37.7 Å². The molecule has 0 N–H and O–H groups in total. The van der Waals surface area contributed by atoms with Crippen molar-refractivity contribution in [1.29, 1.82) is 0 Å². The van der Waals surface area contributed by atoms with Crippen LogP contribution in [0.2, 0.25) is 0 Å². The highest BCUT2D eigenvalue weighted by atomic mass is 16.5. The molecule has 0 amide bonds. The molecular weight excluding hydrogens is 242 g/mol. The molecule has 0 aromatic carbocycles. The third-order valence-electron chi connectivity index (χ3n) is 3.46. The van der Waals surface area contributed by atoms with Crippen molar-refractivity contribution in [2.24, 2.45) is 7.05 Å². The van der Waals surface area contributed by atoms with Crippen LogP contribution in [0.15, 0.2) is 31.0 Å². The Balaban J connectivity index is 1.85. The van der Waals surface area contributed by atoms with E-state index in [1.54, 1.807) is 23.3 Å². The molecule has 0 saturated carbocycles. The van der Waals surface area contributed by atoms with E-state index in [0.29, 0.717) is 6.61 Å². The van der Waals surface area contributed by atoms with Gasteiger partial charge >= 0.3 is 0 Å². The first-order chi connectivity index (χ1) is 9.17. The maximum absolute atomic E-state index is 5.97. The van der Waals surface area contributed by atoms with E-state index < -0.39 is 0 Å². The van der Waals surface area contributed by atoms with Crippen LogP contribution in [0.5, 0.6) is 0 Å². The summed E-state index contributed by atoms with van der Waals surface area (Å²) in [5.41, 5.74) is 0.730. The lowest BCUT2D eigenvalue weighted by molar-refractivity contribution is -0.0468. The van der Waals surface area contributed by atoms with Crippen LogP contribution in [-0.4, -0.2) is 39.4 Å². The van der Waals surface area contributed by atoms with Crippen LogP contribution in [-0.2, 0) is 17.4 Å². The first-order valence-electron chi connectivity index (χ1n) is 6.31. The second-order valence-electron chi connectivity index (χ2n) is 4.97. The van der Waals surface area contributed by atoms with Crippen LogP contribution in [0.1, 0.15) is 12.5 Å². The van der Waals surface area contributed by atoms with E-state index in [4.69, 9.17) is 4.74 Å². The van der Waals surface area contributed by atoms with Gasteiger partial charge in [-0.1, -0.05) is 0 Å². The van der Waals surface area contributed by atoms with Gasteiger partial charge in [-0.25, -0.2) is 4.98 Å². The Morgan fingerprint density at radius 1 is 1.32 bits per heavy atom. The Hall–Kier alpha value is -1.95. The highest BCUT2D eigenvalue weighted by Crippen LogP contribution is 2.30. The van der Waals surface area contributed by atoms with E-state index >= 15 is 0 Å². The van der Waals surface area contributed by atoms with Crippen LogP contribution < -0.4 is 4.90 Å². The van der Waals surface area contributed by atoms with Gasteiger partial charge in [-0.3, -0.25) is 9.67 Å². The molecule has 1 unspecified atom stereocenters. The van der Waals surface area contributed by atoms with Crippen LogP contribution in [0.3, 0.4) is 0 Å². The lowest BCUT2D eigenvalue weighted by atomic mass is 9.97. The molecule has 1 aliphatic heterocycles. The molecule has 0 bridgehead atoms. The molecule has 1 atom stereocenters. The van der Waals surface area contributed by atoms with Gasteiger partial charge in [0.25, 0.3) is 0 Å². The second-order valence-corrected chi connectivity index (χ2v) is 4.97. The maximum atomic E-state index is 5.97.